The van der Waals surface area contributed by atoms with Gasteiger partial charge in [0, 0.05) is 30.5 Å². The lowest BCUT2D eigenvalue weighted by atomic mass is 10.0. The summed E-state index contributed by atoms with van der Waals surface area (Å²) in [6.07, 6.45) is 1.59. The largest absolute Gasteiger partial charge is 0.493 e. The SMILES string of the molecule is O=c1ccc2cc(S(=O)(=O)N3CCC[C@@H](COc4ccc(F)cc4)C3)ccc2o1. The summed E-state index contributed by atoms with van der Waals surface area (Å²) < 4.78 is 51.4. The molecule has 0 amide bonds. The Morgan fingerprint density at radius 3 is 2.69 bits per heavy atom. The molecule has 0 N–H and O–H groups in total. The van der Waals surface area contributed by atoms with Crippen molar-refractivity contribution >= 4 is 21.0 Å². The Bertz CT molecular complexity index is 1170. The number of nitrogens with zero attached hydrogens (tertiary/aromatic N) is 1. The van der Waals surface area contributed by atoms with Crippen LogP contribution in [0, 0.1) is 11.7 Å². The van der Waals surface area contributed by atoms with Gasteiger partial charge in [0.1, 0.15) is 17.1 Å². The average molecular weight is 417 g/mol. The van der Waals surface area contributed by atoms with Gasteiger partial charge >= 0.3 is 5.63 Å². The highest BCUT2D eigenvalue weighted by Gasteiger charge is 2.30. The van der Waals surface area contributed by atoms with Crippen molar-refractivity contribution in [1.82, 2.24) is 4.31 Å². The van der Waals surface area contributed by atoms with Crippen LogP contribution in [0.3, 0.4) is 0 Å². The first-order chi connectivity index (χ1) is 13.9. The fourth-order valence-electron chi connectivity index (χ4n) is 3.49. The third-order valence-corrected chi connectivity index (χ3v) is 6.87. The van der Waals surface area contributed by atoms with E-state index < -0.39 is 15.6 Å². The molecular formula is C21H20FNO5S. The Morgan fingerprint density at radius 1 is 1.10 bits per heavy atom. The summed E-state index contributed by atoms with van der Waals surface area (Å²) in [5.41, 5.74) is -0.131. The Hall–Kier alpha value is -2.71. The van der Waals surface area contributed by atoms with Crippen LogP contribution in [-0.2, 0) is 10.0 Å². The van der Waals surface area contributed by atoms with Crippen LogP contribution in [0.4, 0.5) is 4.39 Å². The van der Waals surface area contributed by atoms with Crippen molar-refractivity contribution in [2.24, 2.45) is 5.92 Å². The molecule has 0 radical (unpaired) electrons. The van der Waals surface area contributed by atoms with E-state index in [1.54, 1.807) is 18.2 Å². The summed E-state index contributed by atoms with van der Waals surface area (Å²) >= 11 is 0. The van der Waals surface area contributed by atoms with Gasteiger partial charge in [-0.3, -0.25) is 0 Å². The van der Waals surface area contributed by atoms with Crippen molar-refractivity contribution in [2.75, 3.05) is 19.7 Å². The first-order valence-corrected chi connectivity index (χ1v) is 10.8. The third kappa shape index (κ3) is 4.33. The summed E-state index contributed by atoms with van der Waals surface area (Å²) in [6.45, 7) is 1.16. The molecule has 1 aromatic heterocycles. The van der Waals surface area contributed by atoms with Crippen molar-refractivity contribution in [1.29, 1.82) is 0 Å². The second-order valence-corrected chi connectivity index (χ2v) is 9.03. The third-order valence-electron chi connectivity index (χ3n) is 5.01. The monoisotopic (exact) mass is 417 g/mol. The van der Waals surface area contributed by atoms with E-state index in [2.05, 4.69) is 0 Å². The molecule has 4 rings (SSSR count). The summed E-state index contributed by atoms with van der Waals surface area (Å²) in [4.78, 5) is 11.5. The lowest BCUT2D eigenvalue weighted by molar-refractivity contribution is 0.180. The van der Waals surface area contributed by atoms with Crippen LogP contribution in [0.5, 0.6) is 5.75 Å². The molecule has 1 aliphatic rings. The number of hydrogen-bond donors (Lipinski definition) is 0. The molecule has 1 aliphatic heterocycles. The highest BCUT2D eigenvalue weighted by atomic mass is 32.2. The number of benzene rings is 2. The maximum atomic E-state index is 13.1. The van der Waals surface area contributed by atoms with Crippen LogP contribution >= 0.6 is 0 Å². The fraction of sp³-hybridized carbons (Fsp3) is 0.286. The van der Waals surface area contributed by atoms with Crippen LogP contribution in [0.25, 0.3) is 11.0 Å². The summed E-state index contributed by atoms with van der Waals surface area (Å²) in [5, 5.41) is 0.555. The maximum Gasteiger partial charge on any atom is 0.336 e. The predicted octanol–water partition coefficient (Wildman–Crippen LogP) is 3.41. The van der Waals surface area contributed by atoms with Crippen molar-refractivity contribution in [2.45, 2.75) is 17.7 Å². The molecule has 0 spiro atoms. The highest BCUT2D eigenvalue weighted by molar-refractivity contribution is 7.89. The van der Waals surface area contributed by atoms with Crippen LogP contribution < -0.4 is 10.4 Å². The maximum absolute atomic E-state index is 13.1. The molecule has 1 fully saturated rings. The number of fused-ring (bicyclic) bond motifs is 1. The second kappa shape index (κ2) is 7.96. The van der Waals surface area contributed by atoms with Crippen molar-refractivity contribution in [3.8, 4) is 5.75 Å². The normalized spacial score (nSPS) is 18.0. The Labute approximate surface area is 167 Å². The quantitative estimate of drug-likeness (QED) is 0.595. The molecule has 2 heterocycles. The molecule has 2 aromatic carbocycles. The van der Waals surface area contributed by atoms with Gasteiger partial charge < -0.3 is 9.15 Å². The highest BCUT2D eigenvalue weighted by Crippen LogP contribution is 2.26. The number of halogens is 1. The van der Waals surface area contributed by atoms with Gasteiger partial charge in [-0.1, -0.05) is 0 Å². The predicted molar refractivity (Wildman–Crippen MR) is 106 cm³/mol. The van der Waals surface area contributed by atoms with Gasteiger partial charge in [-0.15, -0.1) is 0 Å². The molecule has 0 aliphatic carbocycles. The zero-order valence-electron chi connectivity index (χ0n) is 15.6. The molecule has 0 unspecified atom stereocenters. The van der Waals surface area contributed by atoms with E-state index in [0.717, 1.165) is 12.8 Å². The number of sulfonamides is 1. The van der Waals surface area contributed by atoms with Gasteiger partial charge in [-0.25, -0.2) is 17.6 Å². The topological polar surface area (TPSA) is 76.8 Å². The minimum atomic E-state index is -3.68. The Morgan fingerprint density at radius 2 is 1.90 bits per heavy atom. The first-order valence-electron chi connectivity index (χ1n) is 9.34. The number of hydrogen-bond acceptors (Lipinski definition) is 5. The molecule has 6 nitrogen and oxygen atoms in total. The van der Waals surface area contributed by atoms with Gasteiger partial charge in [-0.05, 0) is 61.4 Å². The van der Waals surface area contributed by atoms with Crippen LogP contribution in [0.15, 0.2) is 68.7 Å². The molecule has 1 saturated heterocycles. The Kier molecular flexibility index (Phi) is 5.38. The second-order valence-electron chi connectivity index (χ2n) is 7.09. The van der Waals surface area contributed by atoms with Gasteiger partial charge in [0.2, 0.25) is 10.0 Å². The molecule has 29 heavy (non-hydrogen) atoms. The summed E-state index contributed by atoms with van der Waals surface area (Å²) in [7, 11) is -3.68. The van der Waals surface area contributed by atoms with E-state index in [1.165, 1.54) is 40.7 Å². The first kappa shape index (κ1) is 19.6. The molecule has 1 atom stereocenters. The summed E-state index contributed by atoms with van der Waals surface area (Å²) in [5.74, 6) is 0.270. The van der Waals surface area contributed by atoms with Crippen LogP contribution in [0.2, 0.25) is 0 Å². The van der Waals surface area contributed by atoms with Crippen LogP contribution in [0.1, 0.15) is 12.8 Å². The zero-order valence-corrected chi connectivity index (χ0v) is 16.4. The van der Waals surface area contributed by atoms with Gasteiger partial charge in [0.05, 0.1) is 11.5 Å². The number of rotatable bonds is 5. The van der Waals surface area contributed by atoms with E-state index in [-0.39, 0.29) is 16.6 Å². The Balaban J connectivity index is 1.48. The lowest BCUT2D eigenvalue weighted by Crippen LogP contribution is -2.41. The molecule has 0 saturated carbocycles. The molecule has 8 heteroatoms. The lowest BCUT2D eigenvalue weighted by Gasteiger charge is -2.31. The van der Waals surface area contributed by atoms with E-state index >= 15 is 0 Å². The van der Waals surface area contributed by atoms with Crippen molar-refractivity contribution < 1.29 is 22.0 Å². The van der Waals surface area contributed by atoms with E-state index in [0.29, 0.717) is 36.4 Å². The molecule has 152 valence electrons. The fourth-order valence-corrected chi connectivity index (χ4v) is 5.08. The van der Waals surface area contributed by atoms with E-state index in [9.17, 15) is 17.6 Å². The standard InChI is InChI=1S/C21H20FNO5S/c22-17-4-6-18(7-5-17)27-14-15-2-1-11-23(13-15)29(25,26)19-8-9-20-16(12-19)3-10-21(24)28-20/h3-10,12,15H,1-2,11,13-14H2/t15-/m1/s1. The number of piperidine rings is 1. The molecule has 0 bridgehead atoms. The molecular weight excluding hydrogens is 397 g/mol. The van der Waals surface area contributed by atoms with Crippen LogP contribution in [-0.4, -0.2) is 32.4 Å². The van der Waals surface area contributed by atoms with Gasteiger partial charge in [0.15, 0.2) is 0 Å². The minimum Gasteiger partial charge on any atom is -0.493 e. The molecule has 3 aromatic rings. The average Bonchev–Trinajstić information content (AvgIpc) is 2.73. The van der Waals surface area contributed by atoms with Crippen molar-refractivity contribution in [3.05, 3.63) is 70.8 Å². The number of ether oxygens (including phenoxy) is 1. The smallest absolute Gasteiger partial charge is 0.336 e. The summed E-state index contributed by atoms with van der Waals surface area (Å²) in [6, 6.07) is 13.1. The van der Waals surface area contributed by atoms with Crippen molar-refractivity contribution in [3.63, 3.8) is 0 Å². The van der Waals surface area contributed by atoms with Gasteiger partial charge in [0.25, 0.3) is 0 Å². The minimum absolute atomic E-state index is 0.0436. The van der Waals surface area contributed by atoms with E-state index in [1.807, 2.05) is 0 Å². The van der Waals surface area contributed by atoms with Gasteiger partial charge in [-0.2, -0.15) is 4.31 Å². The van der Waals surface area contributed by atoms with E-state index in [4.69, 9.17) is 9.15 Å². The zero-order chi connectivity index (χ0) is 20.4.